The number of rotatable bonds is 6. The van der Waals surface area contributed by atoms with E-state index >= 15 is 0 Å². The Morgan fingerprint density at radius 3 is 2.52 bits per heavy atom. The molecular formula is C16H31N3O2. The van der Waals surface area contributed by atoms with Crippen LogP contribution in [0.3, 0.4) is 0 Å². The minimum Gasteiger partial charge on any atom is -0.393 e. The predicted molar refractivity (Wildman–Crippen MR) is 84.3 cm³/mol. The van der Waals surface area contributed by atoms with Crippen LogP contribution in [0.25, 0.3) is 0 Å². The van der Waals surface area contributed by atoms with Crippen LogP contribution in [0.1, 0.15) is 58.3 Å². The second-order valence-electron chi connectivity index (χ2n) is 6.50. The molecule has 1 saturated carbocycles. The number of amides is 2. The molecule has 1 aliphatic heterocycles. The molecule has 5 heteroatoms. The van der Waals surface area contributed by atoms with E-state index in [0.29, 0.717) is 19.0 Å². The molecule has 122 valence electrons. The van der Waals surface area contributed by atoms with Crippen molar-refractivity contribution in [2.75, 3.05) is 19.6 Å². The molecule has 1 aliphatic carbocycles. The molecule has 1 unspecified atom stereocenters. The van der Waals surface area contributed by atoms with E-state index in [4.69, 9.17) is 0 Å². The molecule has 2 amide bonds. The van der Waals surface area contributed by atoms with Gasteiger partial charge in [-0.3, -0.25) is 0 Å². The largest absolute Gasteiger partial charge is 0.393 e. The Morgan fingerprint density at radius 2 is 1.90 bits per heavy atom. The molecule has 0 radical (unpaired) electrons. The highest BCUT2D eigenvalue weighted by Crippen LogP contribution is 2.26. The fourth-order valence-electron chi connectivity index (χ4n) is 3.47. The third-order valence-corrected chi connectivity index (χ3v) is 4.94. The molecule has 0 aromatic carbocycles. The van der Waals surface area contributed by atoms with Gasteiger partial charge < -0.3 is 20.6 Å². The van der Waals surface area contributed by atoms with Crippen molar-refractivity contribution in [3.63, 3.8) is 0 Å². The lowest BCUT2D eigenvalue weighted by molar-refractivity contribution is 0.144. The fourth-order valence-corrected chi connectivity index (χ4v) is 3.47. The SMILES string of the molecule is CCC(O)CCNC(=O)NC1CCN(C2CCCC2)CC1. The second-order valence-corrected chi connectivity index (χ2v) is 6.50. The molecule has 5 nitrogen and oxygen atoms in total. The Labute approximate surface area is 128 Å². The molecule has 0 aromatic rings. The molecule has 0 bridgehead atoms. The summed E-state index contributed by atoms with van der Waals surface area (Å²) in [4.78, 5) is 14.4. The molecule has 2 fully saturated rings. The molecule has 2 aliphatic rings. The molecule has 0 aromatic heterocycles. The number of carbonyl (C=O) groups is 1. The average Bonchev–Trinajstić information content (AvgIpc) is 3.02. The summed E-state index contributed by atoms with van der Waals surface area (Å²) < 4.78 is 0. The maximum atomic E-state index is 11.8. The molecule has 1 saturated heterocycles. The van der Waals surface area contributed by atoms with Gasteiger partial charge in [0.2, 0.25) is 0 Å². The van der Waals surface area contributed by atoms with Gasteiger partial charge in [-0.25, -0.2) is 4.79 Å². The third kappa shape index (κ3) is 5.47. The lowest BCUT2D eigenvalue weighted by atomic mass is 10.0. The van der Waals surface area contributed by atoms with Gasteiger partial charge in [-0.2, -0.15) is 0 Å². The van der Waals surface area contributed by atoms with E-state index in [0.717, 1.165) is 38.4 Å². The minimum atomic E-state index is -0.306. The van der Waals surface area contributed by atoms with Crippen molar-refractivity contribution < 1.29 is 9.90 Å². The first-order valence-electron chi connectivity index (χ1n) is 8.65. The molecule has 3 N–H and O–H groups in total. The quantitative estimate of drug-likeness (QED) is 0.701. The van der Waals surface area contributed by atoms with Gasteiger partial charge in [0.1, 0.15) is 0 Å². The summed E-state index contributed by atoms with van der Waals surface area (Å²) in [6.07, 6.45) is 8.66. The highest BCUT2D eigenvalue weighted by Gasteiger charge is 2.27. The first-order valence-corrected chi connectivity index (χ1v) is 8.65. The highest BCUT2D eigenvalue weighted by molar-refractivity contribution is 5.74. The van der Waals surface area contributed by atoms with Crippen LogP contribution in [-0.4, -0.2) is 53.9 Å². The fraction of sp³-hybridized carbons (Fsp3) is 0.938. The Balaban J connectivity index is 1.58. The first kappa shape index (κ1) is 16.6. The van der Waals surface area contributed by atoms with Crippen molar-refractivity contribution in [3.05, 3.63) is 0 Å². The number of nitrogens with one attached hydrogen (secondary N) is 2. The average molecular weight is 297 g/mol. The summed E-state index contributed by atoms with van der Waals surface area (Å²) in [6, 6.07) is 1.02. The van der Waals surface area contributed by atoms with Gasteiger partial charge in [-0.15, -0.1) is 0 Å². The van der Waals surface area contributed by atoms with Gasteiger partial charge in [0.25, 0.3) is 0 Å². The summed E-state index contributed by atoms with van der Waals surface area (Å²) >= 11 is 0. The number of aliphatic hydroxyl groups is 1. The summed E-state index contributed by atoms with van der Waals surface area (Å²) in [5, 5.41) is 15.3. The Morgan fingerprint density at radius 1 is 1.24 bits per heavy atom. The number of hydrogen-bond donors (Lipinski definition) is 3. The summed E-state index contributed by atoms with van der Waals surface area (Å²) in [5.74, 6) is 0. The van der Waals surface area contributed by atoms with Crippen molar-refractivity contribution in [2.45, 2.75) is 76.5 Å². The number of hydrogen-bond acceptors (Lipinski definition) is 3. The normalized spacial score (nSPS) is 23.1. The van der Waals surface area contributed by atoms with Crippen LogP contribution in [0.4, 0.5) is 4.79 Å². The van der Waals surface area contributed by atoms with Crippen LogP contribution in [0.15, 0.2) is 0 Å². The van der Waals surface area contributed by atoms with Crippen molar-refractivity contribution >= 4 is 6.03 Å². The number of urea groups is 1. The van der Waals surface area contributed by atoms with Gasteiger partial charge in [-0.1, -0.05) is 19.8 Å². The molecule has 1 atom stereocenters. The van der Waals surface area contributed by atoms with Crippen molar-refractivity contribution in [2.24, 2.45) is 0 Å². The van der Waals surface area contributed by atoms with E-state index in [-0.39, 0.29) is 12.1 Å². The first-order chi connectivity index (χ1) is 10.2. The topological polar surface area (TPSA) is 64.6 Å². The van der Waals surface area contributed by atoms with Crippen LogP contribution in [0.5, 0.6) is 0 Å². The number of carbonyl (C=O) groups excluding carboxylic acids is 1. The third-order valence-electron chi connectivity index (χ3n) is 4.94. The van der Waals surface area contributed by atoms with Gasteiger partial charge in [0.15, 0.2) is 0 Å². The highest BCUT2D eigenvalue weighted by atomic mass is 16.3. The van der Waals surface area contributed by atoms with E-state index in [2.05, 4.69) is 15.5 Å². The van der Waals surface area contributed by atoms with E-state index in [1.807, 2.05) is 6.92 Å². The van der Waals surface area contributed by atoms with Crippen LogP contribution in [-0.2, 0) is 0 Å². The smallest absolute Gasteiger partial charge is 0.315 e. The molecule has 2 rings (SSSR count). The number of aliphatic hydroxyl groups excluding tert-OH is 1. The summed E-state index contributed by atoms with van der Waals surface area (Å²) in [5.41, 5.74) is 0. The Kier molecular flexibility index (Phi) is 6.77. The van der Waals surface area contributed by atoms with Crippen LogP contribution in [0.2, 0.25) is 0 Å². The minimum absolute atomic E-state index is 0.0855. The van der Waals surface area contributed by atoms with Gasteiger partial charge >= 0.3 is 6.03 Å². The van der Waals surface area contributed by atoms with Crippen LogP contribution >= 0.6 is 0 Å². The Bertz CT molecular complexity index is 311. The number of nitrogens with zero attached hydrogens (tertiary/aromatic N) is 1. The van der Waals surface area contributed by atoms with E-state index in [9.17, 15) is 9.90 Å². The second kappa shape index (κ2) is 8.59. The van der Waals surface area contributed by atoms with Crippen molar-refractivity contribution in [1.29, 1.82) is 0 Å². The molecule has 1 heterocycles. The summed E-state index contributed by atoms with van der Waals surface area (Å²) in [7, 11) is 0. The maximum Gasteiger partial charge on any atom is 0.315 e. The number of likely N-dealkylation sites (tertiary alicyclic amines) is 1. The zero-order valence-electron chi connectivity index (χ0n) is 13.3. The van der Waals surface area contributed by atoms with Crippen LogP contribution < -0.4 is 10.6 Å². The van der Waals surface area contributed by atoms with Gasteiger partial charge in [-0.05, 0) is 38.5 Å². The molecule has 21 heavy (non-hydrogen) atoms. The lowest BCUT2D eigenvalue weighted by Gasteiger charge is -2.36. The summed E-state index contributed by atoms with van der Waals surface area (Å²) in [6.45, 7) is 4.72. The lowest BCUT2D eigenvalue weighted by Crippen LogP contribution is -2.49. The zero-order chi connectivity index (χ0) is 15.1. The van der Waals surface area contributed by atoms with E-state index in [1.54, 1.807) is 0 Å². The maximum absolute atomic E-state index is 11.8. The van der Waals surface area contributed by atoms with Crippen molar-refractivity contribution in [1.82, 2.24) is 15.5 Å². The van der Waals surface area contributed by atoms with Crippen molar-refractivity contribution in [3.8, 4) is 0 Å². The van der Waals surface area contributed by atoms with Crippen LogP contribution in [0, 0.1) is 0 Å². The van der Waals surface area contributed by atoms with E-state index in [1.165, 1.54) is 25.7 Å². The molecular weight excluding hydrogens is 266 g/mol. The Hall–Kier alpha value is -0.810. The zero-order valence-corrected chi connectivity index (χ0v) is 13.3. The number of piperidine rings is 1. The predicted octanol–water partition coefficient (Wildman–Crippen LogP) is 1.85. The van der Waals surface area contributed by atoms with Gasteiger partial charge in [0, 0.05) is 31.7 Å². The monoisotopic (exact) mass is 297 g/mol. The van der Waals surface area contributed by atoms with Gasteiger partial charge in [0.05, 0.1) is 6.10 Å². The molecule has 0 spiro atoms. The standard InChI is InChI=1S/C16H31N3O2/c1-2-15(20)7-10-17-16(21)18-13-8-11-19(12-9-13)14-5-3-4-6-14/h13-15,20H,2-12H2,1H3,(H2,17,18,21). The van der Waals surface area contributed by atoms with E-state index < -0.39 is 0 Å².